The van der Waals surface area contributed by atoms with Crippen LogP contribution in [0.25, 0.3) is 0 Å². The van der Waals surface area contributed by atoms with Gasteiger partial charge in [0.2, 0.25) is 5.91 Å². The van der Waals surface area contributed by atoms with Crippen molar-refractivity contribution in [2.45, 2.75) is 37.8 Å². The van der Waals surface area contributed by atoms with Crippen LogP contribution in [0.15, 0.2) is 30.3 Å². The summed E-state index contributed by atoms with van der Waals surface area (Å²) in [5.41, 5.74) is 1.28. The Hall–Kier alpha value is -1.59. The maximum Gasteiger partial charge on any atom is 0.248 e. The quantitative estimate of drug-likeness (QED) is 0.822. The summed E-state index contributed by atoms with van der Waals surface area (Å²) in [6, 6.07) is 11.0. The summed E-state index contributed by atoms with van der Waals surface area (Å²) < 4.78 is 11.8. The number of para-hydroxylation sites is 1. The molecule has 1 saturated carbocycles. The van der Waals surface area contributed by atoms with E-state index in [-0.39, 0.29) is 18.6 Å². The van der Waals surface area contributed by atoms with Crippen LogP contribution in [-0.2, 0) is 14.3 Å². The van der Waals surface area contributed by atoms with Crippen molar-refractivity contribution in [3.8, 4) is 0 Å². The van der Waals surface area contributed by atoms with Crippen molar-refractivity contribution in [1.82, 2.24) is 4.90 Å². The van der Waals surface area contributed by atoms with E-state index >= 15 is 0 Å². The Balaban J connectivity index is 1.28. The second-order valence-corrected chi connectivity index (χ2v) is 7.45. The lowest BCUT2D eigenvalue weighted by atomic mass is 10.1. The number of hydrogen-bond donors (Lipinski definition) is 0. The monoisotopic (exact) mass is 344 g/mol. The summed E-state index contributed by atoms with van der Waals surface area (Å²) in [5, 5.41) is 0. The van der Waals surface area contributed by atoms with E-state index in [1.165, 1.54) is 5.69 Å². The summed E-state index contributed by atoms with van der Waals surface area (Å²) in [6.45, 7) is 4.43. The van der Waals surface area contributed by atoms with Crippen LogP contribution >= 0.6 is 0 Å². The first kappa shape index (κ1) is 16.9. The van der Waals surface area contributed by atoms with Gasteiger partial charge >= 0.3 is 0 Å². The predicted octanol–water partition coefficient (Wildman–Crippen LogP) is 2.31. The van der Waals surface area contributed by atoms with Gasteiger partial charge in [0.25, 0.3) is 0 Å². The van der Waals surface area contributed by atoms with E-state index in [1.807, 2.05) is 4.90 Å². The SMILES string of the molecule is O=C(COCC1C[C@@H]2OCCN(c3ccccc3)[C@H]2C1)N1CCCC1. The van der Waals surface area contributed by atoms with Gasteiger partial charge in [-0.2, -0.15) is 0 Å². The van der Waals surface area contributed by atoms with Crippen molar-refractivity contribution < 1.29 is 14.3 Å². The van der Waals surface area contributed by atoms with Crippen LogP contribution in [0.1, 0.15) is 25.7 Å². The van der Waals surface area contributed by atoms with Crippen LogP contribution < -0.4 is 4.90 Å². The molecule has 1 aromatic carbocycles. The van der Waals surface area contributed by atoms with Gasteiger partial charge in [-0.05, 0) is 43.7 Å². The Bertz CT molecular complexity index is 574. The minimum absolute atomic E-state index is 0.148. The first-order valence-electron chi connectivity index (χ1n) is 9.60. The third-order valence-corrected chi connectivity index (χ3v) is 5.76. The Kier molecular flexibility index (Phi) is 5.22. The van der Waals surface area contributed by atoms with Gasteiger partial charge < -0.3 is 19.3 Å². The number of nitrogens with zero attached hydrogens (tertiary/aromatic N) is 2. The van der Waals surface area contributed by atoms with Gasteiger partial charge in [-0.25, -0.2) is 0 Å². The number of ether oxygens (including phenoxy) is 2. The number of carbonyl (C=O) groups excluding carboxylic acids is 1. The number of amides is 1. The molecule has 5 heteroatoms. The highest BCUT2D eigenvalue weighted by Crippen LogP contribution is 2.36. The zero-order valence-corrected chi connectivity index (χ0v) is 14.8. The molecule has 1 aromatic rings. The van der Waals surface area contributed by atoms with E-state index in [1.54, 1.807) is 0 Å². The Morgan fingerprint density at radius 1 is 1.12 bits per heavy atom. The number of carbonyl (C=O) groups is 1. The molecule has 25 heavy (non-hydrogen) atoms. The van der Waals surface area contributed by atoms with Gasteiger partial charge in [-0.3, -0.25) is 4.79 Å². The summed E-state index contributed by atoms with van der Waals surface area (Å²) in [7, 11) is 0. The molecule has 0 aromatic heterocycles. The van der Waals surface area contributed by atoms with E-state index in [2.05, 4.69) is 35.2 Å². The molecule has 2 heterocycles. The van der Waals surface area contributed by atoms with Crippen molar-refractivity contribution in [2.24, 2.45) is 5.92 Å². The van der Waals surface area contributed by atoms with Crippen LogP contribution in [0.4, 0.5) is 5.69 Å². The molecule has 2 aliphatic heterocycles. The van der Waals surface area contributed by atoms with Gasteiger partial charge in [0.05, 0.1) is 25.4 Å². The largest absolute Gasteiger partial charge is 0.374 e. The van der Waals surface area contributed by atoms with Gasteiger partial charge in [0, 0.05) is 25.3 Å². The van der Waals surface area contributed by atoms with Crippen LogP contribution in [0.2, 0.25) is 0 Å². The molecule has 1 amide bonds. The molecule has 136 valence electrons. The zero-order valence-electron chi connectivity index (χ0n) is 14.8. The van der Waals surface area contributed by atoms with E-state index in [0.29, 0.717) is 18.6 Å². The van der Waals surface area contributed by atoms with Gasteiger partial charge in [0.15, 0.2) is 0 Å². The highest BCUT2D eigenvalue weighted by Gasteiger charge is 2.41. The molecule has 0 radical (unpaired) electrons. The van der Waals surface area contributed by atoms with E-state index in [4.69, 9.17) is 9.47 Å². The zero-order chi connectivity index (χ0) is 17.1. The molecule has 3 atom stereocenters. The Morgan fingerprint density at radius 2 is 1.92 bits per heavy atom. The summed E-state index contributed by atoms with van der Waals surface area (Å²) in [5.74, 6) is 0.626. The number of fused-ring (bicyclic) bond motifs is 1. The van der Waals surface area contributed by atoms with E-state index in [0.717, 1.165) is 51.9 Å². The highest BCUT2D eigenvalue weighted by atomic mass is 16.5. The van der Waals surface area contributed by atoms with E-state index in [9.17, 15) is 4.79 Å². The Labute approximate surface area is 149 Å². The van der Waals surface area contributed by atoms with Crippen molar-refractivity contribution in [3.05, 3.63) is 30.3 Å². The second-order valence-electron chi connectivity index (χ2n) is 7.45. The number of likely N-dealkylation sites (tertiary alicyclic amines) is 1. The van der Waals surface area contributed by atoms with Crippen molar-refractivity contribution in [1.29, 1.82) is 0 Å². The number of benzene rings is 1. The second kappa shape index (κ2) is 7.75. The fourth-order valence-electron chi connectivity index (χ4n) is 4.50. The van der Waals surface area contributed by atoms with Gasteiger partial charge in [-0.1, -0.05) is 18.2 Å². The standard InChI is InChI=1S/C20H28N2O3/c23-20(21-8-4-5-9-21)15-24-14-16-12-18-19(13-16)25-11-10-22(18)17-6-2-1-3-7-17/h1-3,6-7,16,18-19H,4-5,8-15H2/t16?,18-,19-/m0/s1. The topological polar surface area (TPSA) is 42.0 Å². The van der Waals surface area contributed by atoms with E-state index < -0.39 is 0 Å². The lowest BCUT2D eigenvalue weighted by Gasteiger charge is -2.39. The van der Waals surface area contributed by atoms with Crippen molar-refractivity contribution in [2.75, 3.05) is 44.4 Å². The van der Waals surface area contributed by atoms with Gasteiger partial charge in [-0.15, -0.1) is 0 Å². The van der Waals surface area contributed by atoms with Gasteiger partial charge in [0.1, 0.15) is 6.61 Å². The first-order valence-corrected chi connectivity index (χ1v) is 9.60. The average Bonchev–Trinajstić information content (AvgIpc) is 3.31. The molecule has 1 unspecified atom stereocenters. The average molecular weight is 344 g/mol. The lowest BCUT2D eigenvalue weighted by Crippen LogP contribution is -2.48. The molecule has 0 bridgehead atoms. The smallest absolute Gasteiger partial charge is 0.248 e. The molecule has 0 N–H and O–H groups in total. The van der Waals surface area contributed by atoms with Crippen LogP contribution in [0, 0.1) is 5.92 Å². The lowest BCUT2D eigenvalue weighted by molar-refractivity contribution is -0.135. The predicted molar refractivity (Wildman–Crippen MR) is 96.7 cm³/mol. The molecule has 3 aliphatic rings. The molecular weight excluding hydrogens is 316 g/mol. The van der Waals surface area contributed by atoms with Crippen molar-refractivity contribution >= 4 is 11.6 Å². The molecule has 4 rings (SSSR count). The molecule has 3 fully saturated rings. The highest BCUT2D eigenvalue weighted by molar-refractivity contribution is 5.77. The molecule has 1 aliphatic carbocycles. The van der Waals surface area contributed by atoms with Crippen LogP contribution in [0.5, 0.6) is 0 Å². The molecular formula is C20H28N2O3. The molecule has 0 spiro atoms. The fraction of sp³-hybridized carbons (Fsp3) is 0.650. The minimum Gasteiger partial charge on any atom is -0.374 e. The number of rotatable bonds is 5. The summed E-state index contributed by atoms with van der Waals surface area (Å²) in [6.07, 6.45) is 4.66. The minimum atomic E-state index is 0.148. The molecule has 2 saturated heterocycles. The Morgan fingerprint density at radius 3 is 2.72 bits per heavy atom. The third kappa shape index (κ3) is 3.82. The first-order chi connectivity index (χ1) is 12.3. The van der Waals surface area contributed by atoms with Crippen LogP contribution in [0.3, 0.4) is 0 Å². The third-order valence-electron chi connectivity index (χ3n) is 5.76. The maximum atomic E-state index is 12.1. The number of morpholine rings is 1. The van der Waals surface area contributed by atoms with Crippen LogP contribution in [-0.4, -0.2) is 62.4 Å². The number of anilines is 1. The maximum absolute atomic E-state index is 12.1. The fourth-order valence-corrected chi connectivity index (χ4v) is 4.50. The normalized spacial score (nSPS) is 29.0. The molecule has 5 nitrogen and oxygen atoms in total. The summed E-state index contributed by atoms with van der Waals surface area (Å²) in [4.78, 5) is 16.5. The number of hydrogen-bond acceptors (Lipinski definition) is 4. The van der Waals surface area contributed by atoms with Crippen molar-refractivity contribution in [3.63, 3.8) is 0 Å². The summed E-state index contributed by atoms with van der Waals surface area (Å²) >= 11 is 0.